The molecule has 154 valence electrons. The van der Waals surface area contributed by atoms with Gasteiger partial charge in [-0.1, -0.05) is 36.4 Å². The Labute approximate surface area is 187 Å². The van der Waals surface area contributed by atoms with Crippen molar-refractivity contribution >= 4 is 44.1 Å². The lowest BCUT2D eigenvalue weighted by Crippen LogP contribution is -2.08. The maximum atomic E-state index is 12.4. The molecule has 2 heterocycles. The van der Waals surface area contributed by atoms with E-state index in [1.165, 1.54) is 10.1 Å². The second kappa shape index (κ2) is 8.14. The summed E-state index contributed by atoms with van der Waals surface area (Å²) in [6.07, 6.45) is 1.90. The first kappa shape index (κ1) is 19.7. The van der Waals surface area contributed by atoms with Crippen LogP contribution in [0.5, 0.6) is 5.88 Å². The van der Waals surface area contributed by atoms with E-state index in [0.717, 1.165) is 16.0 Å². The number of aromatic amines is 1. The van der Waals surface area contributed by atoms with Crippen molar-refractivity contribution in [3.8, 4) is 22.4 Å². The Hall–Kier alpha value is -4.21. The van der Waals surface area contributed by atoms with E-state index in [1.807, 2.05) is 48.5 Å². The van der Waals surface area contributed by atoms with Crippen molar-refractivity contribution in [2.75, 3.05) is 0 Å². The van der Waals surface area contributed by atoms with Crippen LogP contribution < -0.4 is 5.56 Å². The smallest absolute Gasteiger partial charge is 0.258 e. The molecule has 3 aromatic carbocycles. The summed E-state index contributed by atoms with van der Waals surface area (Å²) in [5.74, 6) is -0.221. The van der Waals surface area contributed by atoms with Gasteiger partial charge in [-0.2, -0.15) is 5.26 Å². The molecule has 0 aliphatic carbocycles. The first-order chi connectivity index (χ1) is 15.6. The molecule has 0 bridgehead atoms. The van der Waals surface area contributed by atoms with Gasteiger partial charge in [0.05, 0.1) is 23.7 Å². The normalized spacial score (nSPS) is 11.3. The van der Waals surface area contributed by atoms with Crippen LogP contribution in [-0.4, -0.2) is 16.3 Å². The van der Waals surface area contributed by atoms with Crippen molar-refractivity contribution in [3.63, 3.8) is 0 Å². The second-order valence-corrected chi connectivity index (χ2v) is 8.47. The minimum Gasteiger partial charge on any atom is -0.494 e. The van der Waals surface area contributed by atoms with Crippen LogP contribution in [0.1, 0.15) is 11.1 Å². The van der Waals surface area contributed by atoms with Crippen molar-refractivity contribution in [2.24, 2.45) is 4.99 Å². The van der Waals surface area contributed by atoms with Crippen LogP contribution in [0.4, 0.5) is 5.69 Å². The van der Waals surface area contributed by atoms with E-state index in [2.05, 4.69) is 34.2 Å². The molecule has 0 saturated carbocycles. The summed E-state index contributed by atoms with van der Waals surface area (Å²) in [6.45, 7) is 0. The summed E-state index contributed by atoms with van der Waals surface area (Å²) in [5.41, 5.74) is 2.67. The minimum atomic E-state index is -0.349. The summed E-state index contributed by atoms with van der Waals surface area (Å²) in [6, 6.07) is 25.4. The van der Waals surface area contributed by atoms with Gasteiger partial charge in [-0.05, 0) is 52.9 Å². The SMILES string of the molecule is N#CCc1ccc(N=Cc2c(O)[nH]c(=O)c3ccc(-c4cc5ccccc5s4)cc23)cc1. The molecule has 0 amide bonds. The molecule has 0 spiro atoms. The van der Waals surface area contributed by atoms with Gasteiger partial charge >= 0.3 is 0 Å². The van der Waals surface area contributed by atoms with E-state index < -0.39 is 0 Å². The topological polar surface area (TPSA) is 89.2 Å². The average molecular weight is 436 g/mol. The molecular weight excluding hydrogens is 418 g/mol. The highest BCUT2D eigenvalue weighted by atomic mass is 32.1. The summed E-state index contributed by atoms with van der Waals surface area (Å²) in [5, 5.41) is 21.6. The van der Waals surface area contributed by atoms with Crippen LogP contribution in [0.25, 0.3) is 31.3 Å². The number of rotatable bonds is 4. The molecule has 5 rings (SSSR count). The van der Waals surface area contributed by atoms with Gasteiger partial charge in [-0.25, -0.2) is 0 Å². The molecule has 2 N–H and O–H groups in total. The molecule has 0 aliphatic rings. The fourth-order valence-corrected chi connectivity index (χ4v) is 4.73. The minimum absolute atomic E-state index is 0.221. The van der Waals surface area contributed by atoms with E-state index in [-0.39, 0.29) is 11.4 Å². The summed E-state index contributed by atoms with van der Waals surface area (Å²) in [4.78, 5) is 20.5. The standard InChI is InChI=1S/C26H17N3O2S/c27-12-11-16-5-8-19(9-6-16)28-15-22-21-13-18(7-10-20(21)25(30)29-26(22)31)24-14-17-3-1-2-4-23(17)32-24/h1-10,13-15H,11H2,(H2,29,30,31). The molecule has 5 nitrogen and oxygen atoms in total. The number of aromatic hydroxyl groups is 1. The quantitative estimate of drug-likeness (QED) is 0.343. The van der Waals surface area contributed by atoms with Gasteiger partial charge in [0.1, 0.15) is 0 Å². The third-order valence-corrected chi connectivity index (χ3v) is 6.48. The predicted octanol–water partition coefficient (Wildman–Crippen LogP) is 5.93. The van der Waals surface area contributed by atoms with Crippen LogP contribution in [-0.2, 0) is 6.42 Å². The van der Waals surface area contributed by atoms with Crippen molar-refractivity contribution in [2.45, 2.75) is 6.42 Å². The first-order valence-electron chi connectivity index (χ1n) is 10.0. The number of aromatic nitrogens is 1. The van der Waals surface area contributed by atoms with Gasteiger partial charge in [0, 0.05) is 26.6 Å². The van der Waals surface area contributed by atoms with Gasteiger partial charge in [0.15, 0.2) is 0 Å². The Morgan fingerprint density at radius 1 is 1.03 bits per heavy atom. The molecule has 0 fully saturated rings. The number of benzene rings is 3. The molecular formula is C26H17N3O2S. The third kappa shape index (κ3) is 3.66. The van der Waals surface area contributed by atoms with E-state index >= 15 is 0 Å². The molecule has 0 radical (unpaired) electrons. The number of nitrogens with one attached hydrogen (secondary N) is 1. The Kier molecular flexibility index (Phi) is 5.02. The van der Waals surface area contributed by atoms with Crippen LogP contribution in [0.15, 0.2) is 82.6 Å². The average Bonchev–Trinajstić information content (AvgIpc) is 3.24. The lowest BCUT2D eigenvalue weighted by molar-refractivity contribution is 0.452. The number of fused-ring (bicyclic) bond motifs is 2. The van der Waals surface area contributed by atoms with Gasteiger partial charge in [-0.15, -0.1) is 11.3 Å². The fraction of sp³-hybridized carbons (Fsp3) is 0.0385. The van der Waals surface area contributed by atoms with E-state index in [0.29, 0.717) is 28.4 Å². The monoisotopic (exact) mass is 435 g/mol. The van der Waals surface area contributed by atoms with E-state index in [9.17, 15) is 9.90 Å². The lowest BCUT2D eigenvalue weighted by Gasteiger charge is -2.07. The highest BCUT2D eigenvalue weighted by molar-refractivity contribution is 7.22. The van der Waals surface area contributed by atoms with E-state index in [1.54, 1.807) is 23.6 Å². The van der Waals surface area contributed by atoms with Gasteiger partial charge in [-0.3, -0.25) is 14.8 Å². The molecule has 0 aliphatic heterocycles. The van der Waals surface area contributed by atoms with Crippen LogP contribution in [0.3, 0.4) is 0 Å². The molecule has 0 saturated heterocycles. The largest absolute Gasteiger partial charge is 0.494 e. The maximum absolute atomic E-state index is 12.4. The van der Waals surface area contributed by atoms with Gasteiger partial charge in [0.2, 0.25) is 5.88 Å². The molecule has 2 aromatic heterocycles. The number of hydrogen-bond acceptors (Lipinski definition) is 5. The van der Waals surface area contributed by atoms with Crippen LogP contribution >= 0.6 is 11.3 Å². The van der Waals surface area contributed by atoms with Crippen molar-refractivity contribution in [1.82, 2.24) is 4.98 Å². The number of nitrogens with zero attached hydrogens (tertiary/aromatic N) is 2. The van der Waals surface area contributed by atoms with Crippen LogP contribution in [0.2, 0.25) is 0 Å². The zero-order chi connectivity index (χ0) is 22.1. The number of H-pyrrole nitrogens is 1. The number of nitriles is 1. The number of pyridine rings is 1. The molecule has 5 aromatic rings. The second-order valence-electron chi connectivity index (χ2n) is 7.38. The molecule has 6 heteroatoms. The maximum Gasteiger partial charge on any atom is 0.258 e. The van der Waals surface area contributed by atoms with Gasteiger partial charge in [0.25, 0.3) is 5.56 Å². The lowest BCUT2D eigenvalue weighted by atomic mass is 10.0. The first-order valence-corrected chi connectivity index (χ1v) is 10.8. The van der Waals surface area contributed by atoms with Gasteiger partial charge < -0.3 is 5.11 Å². The Bertz CT molecular complexity index is 1560. The molecule has 32 heavy (non-hydrogen) atoms. The molecule has 0 atom stereocenters. The summed E-state index contributed by atoms with van der Waals surface area (Å²) in [7, 11) is 0. The van der Waals surface area contributed by atoms with Crippen LogP contribution in [0, 0.1) is 11.3 Å². The predicted molar refractivity (Wildman–Crippen MR) is 130 cm³/mol. The highest BCUT2D eigenvalue weighted by Gasteiger charge is 2.12. The highest BCUT2D eigenvalue weighted by Crippen LogP contribution is 2.35. The van der Waals surface area contributed by atoms with Crippen molar-refractivity contribution < 1.29 is 5.11 Å². The Balaban J connectivity index is 1.60. The summed E-state index contributed by atoms with van der Waals surface area (Å²) >= 11 is 1.68. The Morgan fingerprint density at radius 3 is 2.62 bits per heavy atom. The van der Waals surface area contributed by atoms with Crippen molar-refractivity contribution in [3.05, 3.63) is 94.3 Å². The molecule has 0 unspecified atom stereocenters. The van der Waals surface area contributed by atoms with E-state index in [4.69, 9.17) is 5.26 Å². The fourth-order valence-electron chi connectivity index (χ4n) is 3.67. The number of aliphatic imine (C=N–C) groups is 1. The number of thiophene rings is 1. The summed E-state index contributed by atoms with van der Waals surface area (Å²) < 4.78 is 1.19. The number of hydrogen-bond donors (Lipinski definition) is 2. The zero-order valence-electron chi connectivity index (χ0n) is 16.9. The zero-order valence-corrected chi connectivity index (χ0v) is 17.7. The van der Waals surface area contributed by atoms with Crippen molar-refractivity contribution in [1.29, 1.82) is 5.26 Å². The Morgan fingerprint density at radius 2 is 1.84 bits per heavy atom. The third-order valence-electron chi connectivity index (χ3n) is 5.31.